The molecule has 1 aliphatic rings. The lowest BCUT2D eigenvalue weighted by Gasteiger charge is -2.37. The summed E-state index contributed by atoms with van der Waals surface area (Å²) in [6.45, 7) is 2.54. The summed E-state index contributed by atoms with van der Waals surface area (Å²) in [5.74, 6) is -0.843. The van der Waals surface area contributed by atoms with Crippen LogP contribution in [0.15, 0.2) is 24.3 Å². The van der Waals surface area contributed by atoms with Crippen LogP contribution in [0.2, 0.25) is 0 Å². The minimum absolute atomic E-state index is 0.235. The second-order valence-corrected chi connectivity index (χ2v) is 6.46. The number of nitrogens with zero attached hydrogens (tertiary/aromatic N) is 1. The number of likely N-dealkylation sites (tertiary alicyclic amines) is 1. The number of anilines is 1. The van der Waals surface area contributed by atoms with Crippen molar-refractivity contribution in [2.24, 2.45) is 5.41 Å². The molecule has 0 spiro atoms. The third-order valence-corrected chi connectivity index (χ3v) is 4.56. The number of benzene rings is 1. The zero-order valence-electron chi connectivity index (χ0n) is 11.2. The molecule has 1 aromatic carbocycles. The number of nitrogens with one attached hydrogen (secondary N) is 1. The number of para-hydroxylation sites is 1. The van der Waals surface area contributed by atoms with Gasteiger partial charge in [-0.3, -0.25) is 4.79 Å². The van der Waals surface area contributed by atoms with E-state index in [2.05, 4.69) is 27.9 Å². The van der Waals surface area contributed by atoms with Crippen LogP contribution in [0.25, 0.3) is 0 Å². The molecular formula is C14H17IN2O3. The summed E-state index contributed by atoms with van der Waals surface area (Å²) in [5, 5.41) is 12.1. The van der Waals surface area contributed by atoms with Gasteiger partial charge in [0.25, 0.3) is 0 Å². The Balaban J connectivity index is 2.06. The van der Waals surface area contributed by atoms with E-state index in [1.807, 2.05) is 24.3 Å². The van der Waals surface area contributed by atoms with Gasteiger partial charge in [0.1, 0.15) is 0 Å². The lowest BCUT2D eigenvalue weighted by molar-refractivity contribution is -0.150. The van der Waals surface area contributed by atoms with Crippen LogP contribution in [0.5, 0.6) is 0 Å². The second-order valence-electron chi connectivity index (χ2n) is 5.30. The van der Waals surface area contributed by atoms with Crippen molar-refractivity contribution in [1.82, 2.24) is 4.90 Å². The monoisotopic (exact) mass is 388 g/mol. The van der Waals surface area contributed by atoms with E-state index in [0.717, 1.165) is 9.26 Å². The number of carboxylic acids is 1. The summed E-state index contributed by atoms with van der Waals surface area (Å²) in [6, 6.07) is 7.27. The molecule has 0 radical (unpaired) electrons. The number of aliphatic carboxylic acids is 1. The van der Waals surface area contributed by atoms with E-state index >= 15 is 0 Å². The van der Waals surface area contributed by atoms with E-state index < -0.39 is 11.4 Å². The van der Waals surface area contributed by atoms with Crippen molar-refractivity contribution in [3.8, 4) is 0 Å². The molecule has 0 bridgehead atoms. The van der Waals surface area contributed by atoms with Crippen molar-refractivity contribution in [2.75, 3.05) is 18.4 Å². The number of carbonyl (C=O) groups is 2. The molecule has 1 saturated heterocycles. The predicted molar refractivity (Wildman–Crippen MR) is 84.7 cm³/mol. The second kappa shape index (κ2) is 5.99. The van der Waals surface area contributed by atoms with Crippen molar-refractivity contribution in [2.45, 2.75) is 19.8 Å². The molecule has 1 aliphatic heterocycles. The topological polar surface area (TPSA) is 69.6 Å². The fourth-order valence-electron chi connectivity index (χ4n) is 2.34. The van der Waals surface area contributed by atoms with Gasteiger partial charge in [-0.1, -0.05) is 12.1 Å². The highest BCUT2D eigenvalue weighted by Crippen LogP contribution is 2.30. The van der Waals surface area contributed by atoms with Crippen molar-refractivity contribution >= 4 is 40.3 Å². The van der Waals surface area contributed by atoms with Crippen molar-refractivity contribution in [3.63, 3.8) is 0 Å². The van der Waals surface area contributed by atoms with Gasteiger partial charge in [0.2, 0.25) is 0 Å². The lowest BCUT2D eigenvalue weighted by Crippen LogP contribution is -2.49. The van der Waals surface area contributed by atoms with Crippen LogP contribution in [0.4, 0.5) is 10.5 Å². The average Bonchev–Trinajstić information content (AvgIpc) is 2.41. The molecular weight excluding hydrogens is 371 g/mol. The maximum absolute atomic E-state index is 12.2. The molecule has 1 heterocycles. The van der Waals surface area contributed by atoms with Crippen LogP contribution in [0, 0.1) is 8.99 Å². The quantitative estimate of drug-likeness (QED) is 0.766. The van der Waals surface area contributed by atoms with Gasteiger partial charge in [-0.05, 0) is 54.5 Å². The van der Waals surface area contributed by atoms with Crippen LogP contribution < -0.4 is 5.32 Å². The molecule has 1 aromatic rings. The van der Waals surface area contributed by atoms with Crippen LogP contribution in [-0.2, 0) is 4.79 Å². The van der Waals surface area contributed by atoms with Crippen LogP contribution in [0.1, 0.15) is 19.8 Å². The highest BCUT2D eigenvalue weighted by Gasteiger charge is 2.39. The number of hydrogen-bond acceptors (Lipinski definition) is 2. The lowest BCUT2D eigenvalue weighted by atomic mass is 9.82. The average molecular weight is 388 g/mol. The van der Waals surface area contributed by atoms with Gasteiger partial charge in [0.05, 0.1) is 11.1 Å². The molecule has 1 atom stereocenters. The van der Waals surface area contributed by atoms with Crippen molar-refractivity contribution in [3.05, 3.63) is 27.8 Å². The molecule has 5 nitrogen and oxygen atoms in total. The molecule has 108 valence electrons. The molecule has 0 aromatic heterocycles. The van der Waals surface area contributed by atoms with Gasteiger partial charge in [0, 0.05) is 16.7 Å². The van der Waals surface area contributed by atoms with E-state index in [1.54, 1.807) is 11.8 Å². The maximum Gasteiger partial charge on any atom is 0.321 e. The van der Waals surface area contributed by atoms with Crippen molar-refractivity contribution < 1.29 is 14.7 Å². The van der Waals surface area contributed by atoms with Crippen LogP contribution in [0.3, 0.4) is 0 Å². The first-order chi connectivity index (χ1) is 9.42. The Labute approximate surface area is 131 Å². The Kier molecular flexibility index (Phi) is 4.52. The number of rotatable bonds is 2. The summed E-state index contributed by atoms with van der Waals surface area (Å²) < 4.78 is 0.955. The van der Waals surface area contributed by atoms with Gasteiger partial charge in [-0.25, -0.2) is 4.79 Å². The summed E-state index contributed by atoms with van der Waals surface area (Å²) in [5.41, 5.74) is -0.0971. The Morgan fingerprint density at radius 3 is 2.75 bits per heavy atom. The van der Waals surface area contributed by atoms with E-state index in [4.69, 9.17) is 0 Å². The van der Waals surface area contributed by atoms with Gasteiger partial charge < -0.3 is 15.3 Å². The number of halogens is 1. The summed E-state index contributed by atoms with van der Waals surface area (Å²) in [4.78, 5) is 25.1. The summed E-state index contributed by atoms with van der Waals surface area (Å²) in [7, 11) is 0. The first kappa shape index (κ1) is 15.1. The van der Waals surface area contributed by atoms with E-state index in [1.165, 1.54) is 0 Å². The number of piperidine rings is 1. The first-order valence-electron chi connectivity index (χ1n) is 6.46. The number of urea groups is 1. The molecule has 6 heteroatoms. The fraction of sp³-hybridized carbons (Fsp3) is 0.429. The predicted octanol–water partition coefficient (Wildman–Crippen LogP) is 3.01. The zero-order chi connectivity index (χ0) is 14.8. The number of carboxylic acid groups (broad SMARTS) is 1. The van der Waals surface area contributed by atoms with Gasteiger partial charge in [-0.2, -0.15) is 0 Å². The smallest absolute Gasteiger partial charge is 0.321 e. The fourth-order valence-corrected chi connectivity index (χ4v) is 2.87. The summed E-state index contributed by atoms with van der Waals surface area (Å²) in [6.07, 6.45) is 1.32. The highest BCUT2D eigenvalue weighted by atomic mass is 127. The van der Waals surface area contributed by atoms with Crippen LogP contribution in [-0.4, -0.2) is 35.1 Å². The minimum atomic E-state index is -0.848. The molecule has 1 unspecified atom stereocenters. The van der Waals surface area contributed by atoms with E-state index in [-0.39, 0.29) is 12.6 Å². The number of hydrogen-bond donors (Lipinski definition) is 2. The van der Waals surface area contributed by atoms with E-state index in [0.29, 0.717) is 19.4 Å². The molecule has 2 rings (SSSR count). The highest BCUT2D eigenvalue weighted by molar-refractivity contribution is 14.1. The van der Waals surface area contributed by atoms with Gasteiger partial charge in [-0.15, -0.1) is 0 Å². The van der Waals surface area contributed by atoms with Crippen molar-refractivity contribution in [1.29, 1.82) is 0 Å². The molecule has 2 amide bonds. The molecule has 0 aliphatic carbocycles. The van der Waals surface area contributed by atoms with Gasteiger partial charge in [0.15, 0.2) is 0 Å². The minimum Gasteiger partial charge on any atom is -0.481 e. The largest absolute Gasteiger partial charge is 0.481 e. The first-order valence-corrected chi connectivity index (χ1v) is 7.54. The van der Waals surface area contributed by atoms with Gasteiger partial charge >= 0.3 is 12.0 Å². The standard InChI is InChI=1S/C14H17IN2O3/c1-14(12(18)19)7-4-8-17(9-14)13(20)16-11-6-3-2-5-10(11)15/h2-3,5-6H,4,7-9H2,1H3,(H,16,20)(H,18,19). The molecule has 1 fully saturated rings. The normalized spacial score (nSPS) is 22.4. The molecule has 2 N–H and O–H groups in total. The molecule has 0 saturated carbocycles. The zero-order valence-corrected chi connectivity index (χ0v) is 13.4. The molecule has 20 heavy (non-hydrogen) atoms. The van der Waals surface area contributed by atoms with Crippen LogP contribution >= 0.6 is 22.6 Å². The Hall–Kier alpha value is -1.31. The van der Waals surface area contributed by atoms with E-state index in [9.17, 15) is 14.7 Å². The number of amides is 2. The maximum atomic E-state index is 12.2. The number of carbonyl (C=O) groups excluding carboxylic acids is 1. The Morgan fingerprint density at radius 1 is 1.40 bits per heavy atom. The Bertz CT molecular complexity index is 535. The SMILES string of the molecule is CC1(C(=O)O)CCCN(C(=O)Nc2ccccc2I)C1. The third kappa shape index (κ3) is 3.23. The third-order valence-electron chi connectivity index (χ3n) is 3.62. The Morgan fingerprint density at radius 2 is 2.10 bits per heavy atom. The summed E-state index contributed by atoms with van der Waals surface area (Å²) >= 11 is 2.15.